The lowest BCUT2D eigenvalue weighted by Gasteiger charge is -2.07. The maximum absolute atomic E-state index is 12.0. The van der Waals surface area contributed by atoms with Crippen LogP contribution in [0.3, 0.4) is 0 Å². The van der Waals surface area contributed by atoms with Gasteiger partial charge in [0.05, 0.1) is 10.6 Å². The molecular formula is C11H9Cl2NO4S2. The molecule has 0 saturated heterocycles. The Morgan fingerprint density at radius 3 is 2.35 bits per heavy atom. The number of anilines is 1. The van der Waals surface area contributed by atoms with Gasteiger partial charge in [0, 0.05) is 5.02 Å². The predicted molar refractivity (Wildman–Crippen MR) is 80.8 cm³/mol. The number of rotatable bonds is 4. The van der Waals surface area contributed by atoms with Crippen LogP contribution in [-0.2, 0) is 10.0 Å². The minimum atomic E-state index is -3.82. The maximum atomic E-state index is 12.0. The van der Waals surface area contributed by atoms with Crippen molar-refractivity contribution in [1.82, 2.24) is 0 Å². The summed E-state index contributed by atoms with van der Waals surface area (Å²) in [6.07, 6.45) is 0. The van der Waals surface area contributed by atoms with Gasteiger partial charge in [-0.3, -0.25) is 4.72 Å². The molecule has 1 heterocycles. The minimum absolute atomic E-state index is 0. The lowest BCUT2D eigenvalue weighted by molar-refractivity contribution is 0.0703. The molecule has 2 aromatic rings. The van der Waals surface area contributed by atoms with E-state index in [4.69, 9.17) is 16.7 Å². The van der Waals surface area contributed by atoms with Gasteiger partial charge in [0.15, 0.2) is 0 Å². The fraction of sp³-hybridized carbons (Fsp3) is 0. The predicted octanol–water partition coefficient (Wildman–Crippen LogP) is 3.32. The quantitative estimate of drug-likeness (QED) is 0.882. The molecule has 0 aliphatic rings. The molecule has 1 aromatic heterocycles. The zero-order chi connectivity index (χ0) is 14.0. The largest absolute Gasteiger partial charge is 0.477 e. The average Bonchev–Trinajstić information content (AvgIpc) is 2.77. The van der Waals surface area contributed by atoms with Gasteiger partial charge in [-0.15, -0.1) is 23.7 Å². The van der Waals surface area contributed by atoms with Crippen LogP contribution in [0.4, 0.5) is 5.69 Å². The van der Waals surface area contributed by atoms with E-state index in [-0.39, 0.29) is 27.9 Å². The number of halogens is 2. The van der Waals surface area contributed by atoms with Crippen LogP contribution < -0.4 is 4.72 Å². The third-order valence-electron chi connectivity index (χ3n) is 2.23. The Balaban J connectivity index is 0.00000200. The zero-order valence-corrected chi connectivity index (χ0v) is 12.9. The summed E-state index contributed by atoms with van der Waals surface area (Å²) >= 11 is 6.63. The van der Waals surface area contributed by atoms with E-state index in [1.165, 1.54) is 35.7 Å². The van der Waals surface area contributed by atoms with Gasteiger partial charge in [0.1, 0.15) is 4.88 Å². The summed E-state index contributed by atoms with van der Waals surface area (Å²) in [5.74, 6) is -1.18. The van der Waals surface area contributed by atoms with E-state index < -0.39 is 16.0 Å². The summed E-state index contributed by atoms with van der Waals surface area (Å²) in [5, 5.41) is 10.8. The van der Waals surface area contributed by atoms with Crippen LogP contribution in [0.15, 0.2) is 40.6 Å². The molecule has 0 fully saturated rings. The highest BCUT2D eigenvalue weighted by Crippen LogP contribution is 2.25. The average molecular weight is 354 g/mol. The lowest BCUT2D eigenvalue weighted by Crippen LogP contribution is -2.14. The molecule has 2 N–H and O–H groups in total. The Hall–Kier alpha value is -1.28. The van der Waals surface area contributed by atoms with E-state index in [0.717, 1.165) is 11.3 Å². The molecule has 0 atom stereocenters. The van der Waals surface area contributed by atoms with Crippen molar-refractivity contribution in [2.24, 2.45) is 0 Å². The summed E-state index contributed by atoms with van der Waals surface area (Å²) < 4.78 is 26.3. The number of hydrogen-bond donors (Lipinski definition) is 2. The molecule has 9 heteroatoms. The van der Waals surface area contributed by atoms with Crippen molar-refractivity contribution in [3.63, 3.8) is 0 Å². The first-order valence-corrected chi connectivity index (χ1v) is 7.73. The van der Waals surface area contributed by atoms with E-state index in [9.17, 15) is 13.2 Å². The summed E-state index contributed by atoms with van der Waals surface area (Å²) in [7, 11) is -3.82. The van der Waals surface area contributed by atoms with E-state index in [0.29, 0.717) is 5.02 Å². The molecule has 0 aliphatic carbocycles. The molecule has 0 bridgehead atoms. The van der Waals surface area contributed by atoms with Crippen LogP contribution in [0, 0.1) is 0 Å². The van der Waals surface area contributed by atoms with Gasteiger partial charge in [-0.2, -0.15) is 0 Å². The van der Waals surface area contributed by atoms with Gasteiger partial charge in [-0.1, -0.05) is 11.6 Å². The van der Waals surface area contributed by atoms with Gasteiger partial charge in [-0.25, -0.2) is 13.2 Å². The topological polar surface area (TPSA) is 83.5 Å². The third kappa shape index (κ3) is 3.63. The highest BCUT2D eigenvalue weighted by Gasteiger charge is 2.19. The van der Waals surface area contributed by atoms with Gasteiger partial charge < -0.3 is 5.11 Å². The molecule has 0 radical (unpaired) electrons. The summed E-state index contributed by atoms with van der Waals surface area (Å²) in [6.45, 7) is 0. The molecular weight excluding hydrogens is 345 g/mol. The second-order valence-electron chi connectivity index (χ2n) is 3.53. The molecule has 5 nitrogen and oxygen atoms in total. The Morgan fingerprint density at radius 1 is 1.20 bits per heavy atom. The van der Waals surface area contributed by atoms with Crippen molar-refractivity contribution in [2.45, 2.75) is 4.90 Å². The number of thiophene rings is 1. The minimum Gasteiger partial charge on any atom is -0.477 e. The number of aromatic carboxylic acids is 1. The number of carboxylic acid groups (broad SMARTS) is 1. The highest BCUT2D eigenvalue weighted by atomic mass is 35.5. The summed E-state index contributed by atoms with van der Waals surface area (Å²) in [5.41, 5.74) is 0.0486. The van der Waals surface area contributed by atoms with Crippen LogP contribution in [0.1, 0.15) is 9.67 Å². The van der Waals surface area contributed by atoms with Crippen molar-refractivity contribution < 1.29 is 18.3 Å². The van der Waals surface area contributed by atoms with E-state index >= 15 is 0 Å². The molecule has 0 aliphatic heterocycles. The van der Waals surface area contributed by atoms with E-state index in [1.807, 2.05) is 0 Å². The van der Waals surface area contributed by atoms with Gasteiger partial charge in [0.2, 0.25) is 0 Å². The summed E-state index contributed by atoms with van der Waals surface area (Å²) in [4.78, 5) is 10.9. The van der Waals surface area contributed by atoms with Gasteiger partial charge >= 0.3 is 5.97 Å². The van der Waals surface area contributed by atoms with Gasteiger partial charge in [-0.05, 0) is 35.7 Å². The smallest absolute Gasteiger partial charge is 0.348 e. The number of carboxylic acids is 1. The number of hydrogen-bond acceptors (Lipinski definition) is 4. The number of carbonyl (C=O) groups is 1. The number of sulfonamides is 1. The molecule has 2 rings (SSSR count). The Morgan fingerprint density at radius 2 is 1.80 bits per heavy atom. The van der Waals surface area contributed by atoms with Crippen molar-refractivity contribution in [3.8, 4) is 0 Å². The summed E-state index contributed by atoms with van der Waals surface area (Å²) in [6, 6.07) is 6.99. The Bertz CT molecular complexity index is 710. The maximum Gasteiger partial charge on any atom is 0.348 e. The van der Waals surface area contributed by atoms with Crippen molar-refractivity contribution in [2.75, 3.05) is 4.72 Å². The molecule has 20 heavy (non-hydrogen) atoms. The van der Waals surface area contributed by atoms with Crippen LogP contribution >= 0.6 is 35.3 Å². The Kier molecular flexibility index (Phi) is 5.41. The van der Waals surface area contributed by atoms with Crippen LogP contribution in [0.2, 0.25) is 5.02 Å². The van der Waals surface area contributed by atoms with E-state index in [1.54, 1.807) is 0 Å². The Labute approximate surface area is 130 Å². The number of nitrogens with one attached hydrogen (secondary N) is 1. The second-order valence-corrected chi connectivity index (χ2v) is 6.56. The standard InChI is InChI=1S/C11H8ClNO4S2.ClH/c12-7-1-3-8(4-2-7)19(16,17)13-9-5-6-18-10(9)11(14)15;/h1-6,13H,(H,14,15);1H. The highest BCUT2D eigenvalue weighted by molar-refractivity contribution is 7.92. The van der Waals surface area contributed by atoms with Crippen molar-refractivity contribution in [1.29, 1.82) is 0 Å². The molecule has 0 unspecified atom stereocenters. The van der Waals surface area contributed by atoms with E-state index in [2.05, 4.69) is 4.72 Å². The number of benzene rings is 1. The molecule has 0 amide bonds. The fourth-order valence-electron chi connectivity index (χ4n) is 1.37. The van der Waals surface area contributed by atoms with Crippen LogP contribution in [0.5, 0.6) is 0 Å². The fourth-order valence-corrected chi connectivity index (χ4v) is 3.32. The first-order chi connectivity index (χ1) is 8.90. The van der Waals surface area contributed by atoms with Crippen molar-refractivity contribution >= 4 is 57.0 Å². The molecule has 108 valence electrons. The molecule has 0 spiro atoms. The lowest BCUT2D eigenvalue weighted by atomic mass is 10.4. The monoisotopic (exact) mass is 353 g/mol. The van der Waals surface area contributed by atoms with Crippen LogP contribution in [0.25, 0.3) is 0 Å². The normalized spacial score (nSPS) is 10.7. The van der Waals surface area contributed by atoms with Crippen molar-refractivity contribution in [3.05, 3.63) is 45.6 Å². The second kappa shape index (κ2) is 6.45. The molecule has 1 aromatic carbocycles. The third-order valence-corrected chi connectivity index (χ3v) is 4.76. The molecule has 0 saturated carbocycles. The zero-order valence-electron chi connectivity index (χ0n) is 9.74. The first kappa shape index (κ1) is 16.8. The first-order valence-electron chi connectivity index (χ1n) is 4.99. The van der Waals surface area contributed by atoms with Crippen LogP contribution in [-0.4, -0.2) is 19.5 Å². The SMILES string of the molecule is Cl.O=C(O)c1sccc1NS(=O)(=O)c1ccc(Cl)cc1. The van der Waals surface area contributed by atoms with Gasteiger partial charge in [0.25, 0.3) is 10.0 Å².